The van der Waals surface area contributed by atoms with Crippen molar-refractivity contribution in [1.29, 1.82) is 0 Å². The summed E-state index contributed by atoms with van der Waals surface area (Å²) in [4.78, 5) is 7.53. The maximum Gasteiger partial charge on any atom is 0.229 e. The van der Waals surface area contributed by atoms with Gasteiger partial charge in [-0.3, -0.25) is 4.72 Å². The van der Waals surface area contributed by atoms with Gasteiger partial charge in [0, 0.05) is 6.07 Å². The zero-order valence-electron chi connectivity index (χ0n) is 10.9. The smallest absolute Gasteiger partial charge is 0.229 e. The molecule has 1 heterocycles. The second-order valence-electron chi connectivity index (χ2n) is 4.15. The first kappa shape index (κ1) is 17.0. The van der Waals surface area contributed by atoms with E-state index in [2.05, 4.69) is 20.0 Å². The highest BCUT2D eigenvalue weighted by atomic mass is 35.5. The number of rotatable bonds is 4. The molecular formula is C11H8Cl3FN4O2S. The molecule has 0 aliphatic heterocycles. The van der Waals surface area contributed by atoms with Gasteiger partial charge in [-0.15, -0.1) is 0 Å². The van der Waals surface area contributed by atoms with Crippen molar-refractivity contribution >= 4 is 62.0 Å². The fourth-order valence-electron chi connectivity index (χ4n) is 1.50. The highest BCUT2D eigenvalue weighted by Gasteiger charge is 2.14. The second-order valence-corrected chi connectivity index (χ2v) is 7.05. The number of halogens is 4. The molecule has 1 aromatic heterocycles. The topological polar surface area (TPSA) is 84.0 Å². The molecule has 0 spiro atoms. The SMILES string of the molecule is CS(=O)(=O)Nc1cc(F)c(Cl)cc1Nc1nc(Cl)ncc1Cl. The van der Waals surface area contributed by atoms with Crippen molar-refractivity contribution in [3.05, 3.63) is 39.5 Å². The van der Waals surface area contributed by atoms with Crippen molar-refractivity contribution in [3.63, 3.8) is 0 Å². The number of sulfonamides is 1. The summed E-state index contributed by atoms with van der Waals surface area (Å²) in [6.45, 7) is 0. The summed E-state index contributed by atoms with van der Waals surface area (Å²) in [7, 11) is -3.63. The van der Waals surface area contributed by atoms with E-state index in [1.807, 2.05) is 0 Å². The molecule has 0 saturated carbocycles. The van der Waals surface area contributed by atoms with Crippen LogP contribution in [0.5, 0.6) is 0 Å². The van der Waals surface area contributed by atoms with Gasteiger partial charge in [-0.05, 0) is 17.7 Å². The number of nitrogens with zero attached hydrogens (tertiary/aromatic N) is 2. The van der Waals surface area contributed by atoms with E-state index in [4.69, 9.17) is 34.8 Å². The lowest BCUT2D eigenvalue weighted by Gasteiger charge is -2.14. The first-order chi connectivity index (χ1) is 10.2. The number of anilines is 3. The standard InChI is InChI=1S/C11H8Cl3FN4O2S/c1-22(20,21)19-9-3-7(15)5(12)2-8(9)17-10-6(13)4-16-11(14)18-10/h2-4,19H,1H3,(H,16,17,18). The zero-order valence-corrected chi connectivity index (χ0v) is 13.9. The van der Waals surface area contributed by atoms with Crippen LogP contribution in [0, 0.1) is 5.82 Å². The first-order valence-electron chi connectivity index (χ1n) is 5.57. The van der Waals surface area contributed by atoms with Crippen molar-refractivity contribution in [2.45, 2.75) is 0 Å². The minimum atomic E-state index is -3.63. The van der Waals surface area contributed by atoms with Crippen LogP contribution >= 0.6 is 34.8 Å². The zero-order chi connectivity index (χ0) is 16.5. The minimum absolute atomic E-state index is 0.0600. The van der Waals surface area contributed by atoms with Gasteiger partial charge >= 0.3 is 0 Å². The maximum atomic E-state index is 13.5. The summed E-state index contributed by atoms with van der Waals surface area (Å²) >= 11 is 17.3. The average Bonchev–Trinajstić information content (AvgIpc) is 2.38. The Morgan fingerprint density at radius 3 is 2.45 bits per heavy atom. The molecule has 2 N–H and O–H groups in total. The van der Waals surface area contributed by atoms with Crippen molar-refractivity contribution in [3.8, 4) is 0 Å². The molecule has 2 rings (SSSR count). The Morgan fingerprint density at radius 1 is 1.14 bits per heavy atom. The van der Waals surface area contributed by atoms with Gasteiger partial charge in [0.05, 0.1) is 28.9 Å². The third kappa shape index (κ3) is 4.33. The highest BCUT2D eigenvalue weighted by Crippen LogP contribution is 2.33. The van der Waals surface area contributed by atoms with Gasteiger partial charge in [0.25, 0.3) is 0 Å². The van der Waals surface area contributed by atoms with E-state index < -0.39 is 15.8 Å². The van der Waals surface area contributed by atoms with Gasteiger partial charge in [0.2, 0.25) is 15.3 Å². The van der Waals surface area contributed by atoms with Crippen molar-refractivity contribution in [2.24, 2.45) is 0 Å². The number of hydrogen-bond acceptors (Lipinski definition) is 5. The fourth-order valence-corrected chi connectivity index (χ4v) is 2.50. The molecule has 0 unspecified atom stereocenters. The molecule has 11 heteroatoms. The van der Waals surface area contributed by atoms with E-state index in [0.29, 0.717) is 0 Å². The Bertz CT molecular complexity index is 832. The van der Waals surface area contributed by atoms with E-state index in [1.165, 1.54) is 12.3 Å². The van der Waals surface area contributed by atoms with Gasteiger partial charge in [0.15, 0.2) is 5.82 Å². The van der Waals surface area contributed by atoms with Crippen LogP contribution in [0.3, 0.4) is 0 Å². The van der Waals surface area contributed by atoms with Gasteiger partial charge in [-0.1, -0.05) is 23.2 Å². The van der Waals surface area contributed by atoms with E-state index in [1.54, 1.807) is 0 Å². The molecule has 0 amide bonds. The van der Waals surface area contributed by atoms with Crippen LogP contribution in [-0.2, 0) is 10.0 Å². The maximum absolute atomic E-state index is 13.5. The van der Waals surface area contributed by atoms with Crippen molar-refractivity contribution in [1.82, 2.24) is 9.97 Å². The molecule has 6 nitrogen and oxygen atoms in total. The van der Waals surface area contributed by atoms with E-state index in [0.717, 1.165) is 12.3 Å². The molecule has 0 aliphatic rings. The normalized spacial score (nSPS) is 11.3. The second kappa shape index (κ2) is 6.41. The van der Waals surface area contributed by atoms with Gasteiger partial charge in [0.1, 0.15) is 10.8 Å². The highest BCUT2D eigenvalue weighted by molar-refractivity contribution is 7.92. The molecule has 0 atom stereocenters. The third-order valence-electron chi connectivity index (χ3n) is 2.32. The van der Waals surface area contributed by atoms with Crippen LogP contribution in [0.25, 0.3) is 0 Å². The molecule has 0 bridgehead atoms. The third-order valence-corrected chi connectivity index (χ3v) is 3.66. The lowest BCUT2D eigenvalue weighted by atomic mass is 10.2. The van der Waals surface area contributed by atoms with Gasteiger partial charge in [-0.25, -0.2) is 17.8 Å². The van der Waals surface area contributed by atoms with Gasteiger partial charge in [-0.2, -0.15) is 4.98 Å². The Balaban J connectivity index is 2.49. The molecule has 2 aromatic rings. The number of benzene rings is 1. The van der Waals surface area contributed by atoms with Crippen LogP contribution in [0.2, 0.25) is 15.3 Å². The number of hydrogen-bond donors (Lipinski definition) is 2. The van der Waals surface area contributed by atoms with Crippen LogP contribution in [-0.4, -0.2) is 24.6 Å². The van der Waals surface area contributed by atoms with Crippen molar-refractivity contribution < 1.29 is 12.8 Å². The average molecular weight is 386 g/mol. The molecule has 0 radical (unpaired) electrons. The van der Waals surface area contributed by atoms with Gasteiger partial charge < -0.3 is 5.32 Å². The summed E-state index contributed by atoms with van der Waals surface area (Å²) in [6.07, 6.45) is 2.19. The van der Waals surface area contributed by atoms with E-state index in [9.17, 15) is 12.8 Å². The molecule has 1 aromatic carbocycles. The predicted molar refractivity (Wildman–Crippen MR) is 85.2 cm³/mol. The van der Waals surface area contributed by atoms with Crippen LogP contribution in [0.15, 0.2) is 18.3 Å². The lowest BCUT2D eigenvalue weighted by Crippen LogP contribution is -2.12. The minimum Gasteiger partial charge on any atom is -0.337 e. The first-order valence-corrected chi connectivity index (χ1v) is 8.60. The summed E-state index contributed by atoms with van der Waals surface area (Å²) in [5.41, 5.74) is 0.0868. The molecule has 0 saturated heterocycles. The largest absolute Gasteiger partial charge is 0.337 e. The lowest BCUT2D eigenvalue weighted by molar-refractivity contribution is 0.606. The van der Waals surface area contributed by atoms with E-state index >= 15 is 0 Å². The Hall–Kier alpha value is -1.35. The van der Waals surface area contributed by atoms with Crippen LogP contribution in [0.1, 0.15) is 0 Å². The molecule has 118 valence electrons. The quantitative estimate of drug-likeness (QED) is 0.784. The monoisotopic (exact) mass is 384 g/mol. The number of nitrogens with one attached hydrogen (secondary N) is 2. The summed E-state index contributed by atoms with van der Waals surface area (Å²) in [6, 6.07) is 2.12. The Labute approximate surface area is 140 Å². The summed E-state index contributed by atoms with van der Waals surface area (Å²) in [5.74, 6) is -0.675. The molecule has 22 heavy (non-hydrogen) atoms. The van der Waals surface area contributed by atoms with Crippen LogP contribution in [0.4, 0.5) is 21.6 Å². The molecule has 0 aliphatic carbocycles. The van der Waals surface area contributed by atoms with E-state index in [-0.39, 0.29) is 32.5 Å². The Kier molecular flexibility index (Phi) is 4.96. The van der Waals surface area contributed by atoms with Crippen molar-refractivity contribution in [2.75, 3.05) is 16.3 Å². The molecular weight excluding hydrogens is 378 g/mol. The summed E-state index contributed by atoms with van der Waals surface area (Å²) in [5, 5.41) is 2.58. The Morgan fingerprint density at radius 2 is 1.82 bits per heavy atom. The summed E-state index contributed by atoms with van der Waals surface area (Å²) < 4.78 is 38.4. The molecule has 0 fully saturated rings. The number of aromatic nitrogens is 2. The fraction of sp³-hybridized carbons (Fsp3) is 0.0909. The van der Waals surface area contributed by atoms with Crippen LogP contribution < -0.4 is 10.0 Å². The predicted octanol–water partition coefficient (Wildman–Crippen LogP) is 3.69.